The van der Waals surface area contributed by atoms with Crippen LogP contribution in [0.3, 0.4) is 0 Å². The molecule has 3 rings (SSSR count). The van der Waals surface area contributed by atoms with Crippen LogP contribution in [0.2, 0.25) is 0 Å². The van der Waals surface area contributed by atoms with Gasteiger partial charge in [0.25, 0.3) is 5.91 Å². The number of amides is 5. The van der Waals surface area contributed by atoms with Crippen LogP contribution in [-0.4, -0.2) is 61.8 Å². The number of rotatable bonds is 8. The lowest BCUT2D eigenvalue weighted by atomic mass is 9.95. The normalized spacial score (nSPS) is 17.2. The Hall–Kier alpha value is -2.66. The second-order valence-corrected chi connectivity index (χ2v) is 9.80. The molecule has 0 atom stereocenters. The number of piperidine rings is 1. The maximum absolute atomic E-state index is 12.4. The average Bonchev–Trinajstić information content (AvgIpc) is 3.11. The molecule has 2 heterocycles. The Balaban J connectivity index is 1.37. The van der Waals surface area contributed by atoms with E-state index in [2.05, 4.69) is 15.4 Å². The Morgan fingerprint density at radius 2 is 1.81 bits per heavy atom. The highest BCUT2D eigenvalue weighted by Gasteiger charge is 2.32. The number of hydrogen-bond acceptors (Lipinski definition) is 5. The lowest BCUT2D eigenvalue weighted by Gasteiger charge is -2.31. The minimum atomic E-state index is -3.86. The summed E-state index contributed by atoms with van der Waals surface area (Å²) < 4.78 is 28.1. The molecular formula is C21H31N5O5S. The molecule has 32 heavy (non-hydrogen) atoms. The summed E-state index contributed by atoms with van der Waals surface area (Å²) in [6.07, 6.45) is 3.67. The molecule has 0 aliphatic carbocycles. The summed E-state index contributed by atoms with van der Waals surface area (Å²) >= 11 is 0. The summed E-state index contributed by atoms with van der Waals surface area (Å²) in [4.78, 5) is 37.7. The van der Waals surface area contributed by atoms with Gasteiger partial charge in [-0.05, 0) is 43.2 Å². The fraction of sp³-hybridized carbons (Fsp3) is 0.571. The molecule has 2 aliphatic heterocycles. The second-order valence-electron chi connectivity index (χ2n) is 8.13. The van der Waals surface area contributed by atoms with Gasteiger partial charge >= 0.3 is 22.3 Å². The van der Waals surface area contributed by atoms with Crippen molar-refractivity contribution < 1.29 is 22.8 Å². The largest absolute Gasteiger partial charge is 0.338 e. The van der Waals surface area contributed by atoms with Crippen molar-refractivity contribution in [3.8, 4) is 0 Å². The average molecular weight is 466 g/mol. The predicted octanol–water partition coefficient (Wildman–Crippen LogP) is 1.80. The van der Waals surface area contributed by atoms with E-state index in [1.165, 1.54) is 9.21 Å². The van der Waals surface area contributed by atoms with Gasteiger partial charge < -0.3 is 10.6 Å². The Bertz CT molecular complexity index is 944. The standard InChI is InChI=1S/C21H31N5O5S/c1-2-3-11-22-20(28)24-32(30,31)25-13-9-16(10-14-25)8-12-23-21(29)26-15-17-6-4-5-7-18(17)19(26)27/h4-7,16H,2-3,8-15H2,1H3,(H,23,29)(H2,22,24,28). The number of benzene rings is 1. The van der Waals surface area contributed by atoms with Crippen molar-refractivity contribution >= 4 is 28.2 Å². The summed E-state index contributed by atoms with van der Waals surface area (Å²) in [6.45, 7) is 3.73. The second kappa shape index (κ2) is 10.8. The third kappa shape index (κ3) is 5.98. The van der Waals surface area contributed by atoms with E-state index < -0.39 is 22.3 Å². The van der Waals surface area contributed by atoms with Crippen molar-refractivity contribution in [2.24, 2.45) is 5.92 Å². The zero-order valence-electron chi connectivity index (χ0n) is 18.3. The summed E-state index contributed by atoms with van der Waals surface area (Å²) in [5.74, 6) is -0.0329. The minimum Gasteiger partial charge on any atom is -0.338 e. The van der Waals surface area contributed by atoms with Crippen molar-refractivity contribution in [2.75, 3.05) is 26.2 Å². The van der Waals surface area contributed by atoms with Crippen molar-refractivity contribution in [1.82, 2.24) is 24.6 Å². The number of unbranched alkanes of at least 4 members (excludes halogenated alkanes) is 1. The highest BCUT2D eigenvalue weighted by molar-refractivity contribution is 7.87. The molecule has 5 amide bonds. The summed E-state index contributed by atoms with van der Waals surface area (Å²) in [5.41, 5.74) is 1.40. The monoisotopic (exact) mass is 465 g/mol. The third-order valence-electron chi connectivity index (χ3n) is 5.85. The molecule has 1 aromatic carbocycles. The first-order valence-electron chi connectivity index (χ1n) is 11.0. The Morgan fingerprint density at radius 1 is 1.09 bits per heavy atom. The number of nitrogens with one attached hydrogen (secondary N) is 3. The number of nitrogens with zero attached hydrogens (tertiary/aromatic N) is 2. The molecule has 1 aromatic rings. The van der Waals surface area contributed by atoms with E-state index in [1.807, 2.05) is 19.1 Å². The first kappa shape index (κ1) is 24.0. The lowest BCUT2D eigenvalue weighted by molar-refractivity contribution is 0.0820. The van der Waals surface area contributed by atoms with Crippen molar-refractivity contribution in [3.63, 3.8) is 0 Å². The number of urea groups is 2. The van der Waals surface area contributed by atoms with Crippen molar-refractivity contribution in [3.05, 3.63) is 35.4 Å². The van der Waals surface area contributed by atoms with Gasteiger partial charge in [-0.3, -0.25) is 9.69 Å². The number of imide groups is 1. The molecule has 0 spiro atoms. The minimum absolute atomic E-state index is 0.256. The summed E-state index contributed by atoms with van der Waals surface area (Å²) in [7, 11) is -3.86. The van der Waals surface area contributed by atoms with Crippen LogP contribution in [0.25, 0.3) is 0 Å². The zero-order valence-corrected chi connectivity index (χ0v) is 19.1. The molecule has 0 saturated carbocycles. The molecule has 10 nitrogen and oxygen atoms in total. The SMILES string of the molecule is CCCCNC(=O)NS(=O)(=O)N1CCC(CCNC(=O)N2Cc3ccccc3C2=O)CC1. The van der Waals surface area contributed by atoms with Gasteiger partial charge in [-0.15, -0.1) is 0 Å². The van der Waals surface area contributed by atoms with E-state index in [9.17, 15) is 22.8 Å². The number of hydrogen-bond donors (Lipinski definition) is 3. The maximum Gasteiger partial charge on any atom is 0.329 e. The van der Waals surface area contributed by atoms with E-state index in [1.54, 1.807) is 12.1 Å². The molecule has 3 N–H and O–H groups in total. The van der Waals surface area contributed by atoms with Crippen molar-refractivity contribution in [1.29, 1.82) is 0 Å². The fourth-order valence-electron chi connectivity index (χ4n) is 3.93. The third-order valence-corrected chi connectivity index (χ3v) is 7.33. The van der Waals surface area contributed by atoms with Crippen LogP contribution in [0, 0.1) is 5.92 Å². The molecule has 0 radical (unpaired) electrons. The molecule has 11 heteroatoms. The van der Waals surface area contributed by atoms with Crippen LogP contribution in [0.4, 0.5) is 9.59 Å². The maximum atomic E-state index is 12.4. The van der Waals surface area contributed by atoms with Gasteiger partial charge in [0.15, 0.2) is 0 Å². The van der Waals surface area contributed by atoms with E-state index in [0.29, 0.717) is 51.0 Å². The molecule has 0 bridgehead atoms. The van der Waals surface area contributed by atoms with Gasteiger partial charge in [0.05, 0.1) is 6.54 Å². The van der Waals surface area contributed by atoms with Crippen LogP contribution in [0.15, 0.2) is 24.3 Å². The first-order chi connectivity index (χ1) is 15.3. The van der Waals surface area contributed by atoms with E-state index in [-0.39, 0.29) is 18.4 Å². The van der Waals surface area contributed by atoms with Crippen LogP contribution in [-0.2, 0) is 16.8 Å². The highest BCUT2D eigenvalue weighted by Crippen LogP contribution is 2.23. The van der Waals surface area contributed by atoms with Gasteiger partial charge in [-0.2, -0.15) is 12.7 Å². The van der Waals surface area contributed by atoms with Crippen molar-refractivity contribution in [2.45, 2.75) is 45.6 Å². The zero-order chi connectivity index (χ0) is 23.1. The number of fused-ring (bicyclic) bond motifs is 1. The van der Waals surface area contributed by atoms with Gasteiger partial charge in [-0.1, -0.05) is 31.5 Å². The number of carbonyl (C=O) groups excluding carboxylic acids is 3. The Morgan fingerprint density at radius 3 is 2.50 bits per heavy atom. The van der Waals surface area contributed by atoms with E-state index in [4.69, 9.17) is 0 Å². The highest BCUT2D eigenvalue weighted by atomic mass is 32.2. The predicted molar refractivity (Wildman–Crippen MR) is 119 cm³/mol. The quantitative estimate of drug-likeness (QED) is 0.505. The van der Waals surface area contributed by atoms with Gasteiger partial charge in [-0.25, -0.2) is 14.3 Å². The molecule has 0 unspecified atom stereocenters. The van der Waals surface area contributed by atoms with Gasteiger partial charge in [0.1, 0.15) is 0 Å². The molecule has 1 fully saturated rings. The summed E-state index contributed by atoms with van der Waals surface area (Å²) in [5, 5.41) is 5.33. The molecule has 1 saturated heterocycles. The van der Waals surface area contributed by atoms with Crippen LogP contribution in [0.1, 0.15) is 54.9 Å². The van der Waals surface area contributed by atoms with Gasteiger partial charge in [0, 0.05) is 31.7 Å². The molecular weight excluding hydrogens is 434 g/mol. The Labute approximate surface area is 188 Å². The van der Waals surface area contributed by atoms with E-state index in [0.717, 1.165) is 18.4 Å². The van der Waals surface area contributed by atoms with Crippen LogP contribution < -0.4 is 15.4 Å². The molecule has 2 aliphatic rings. The molecule has 176 valence electrons. The van der Waals surface area contributed by atoms with Crippen LogP contribution in [0.5, 0.6) is 0 Å². The summed E-state index contributed by atoms with van der Waals surface area (Å²) in [6, 6.07) is 6.06. The first-order valence-corrected chi connectivity index (χ1v) is 12.5. The smallest absolute Gasteiger partial charge is 0.329 e. The van der Waals surface area contributed by atoms with Crippen LogP contribution >= 0.6 is 0 Å². The topological polar surface area (TPSA) is 128 Å². The fourth-order valence-corrected chi connectivity index (χ4v) is 5.06. The van der Waals surface area contributed by atoms with E-state index >= 15 is 0 Å². The number of carbonyl (C=O) groups is 3. The molecule has 0 aromatic heterocycles. The van der Waals surface area contributed by atoms with Gasteiger partial charge in [0.2, 0.25) is 0 Å². The lowest BCUT2D eigenvalue weighted by Crippen LogP contribution is -2.50. The Kier molecular flexibility index (Phi) is 8.08.